The molecule has 2 aromatic rings. The fourth-order valence-electron chi connectivity index (χ4n) is 3.06. The highest BCUT2D eigenvalue weighted by atomic mass is 32.1. The van der Waals surface area contributed by atoms with Crippen LogP contribution in [-0.4, -0.2) is 28.5 Å². The molecular weight excluding hydrogens is 268 g/mol. The minimum atomic E-state index is 0.415. The predicted octanol–water partition coefficient (Wildman–Crippen LogP) is 2.88. The Morgan fingerprint density at radius 1 is 1.45 bits per heavy atom. The number of rotatable bonds is 4. The van der Waals surface area contributed by atoms with E-state index in [0.29, 0.717) is 5.41 Å². The lowest BCUT2D eigenvalue weighted by molar-refractivity contribution is 0.418. The minimum absolute atomic E-state index is 0.415. The number of hydrogen-bond donors (Lipinski definition) is 1. The van der Waals surface area contributed by atoms with Gasteiger partial charge in [-0.1, -0.05) is 13.8 Å². The molecule has 108 valence electrons. The molecule has 1 N–H and O–H groups in total. The summed E-state index contributed by atoms with van der Waals surface area (Å²) < 4.78 is 2.26. The van der Waals surface area contributed by atoms with Crippen molar-refractivity contribution in [2.45, 2.75) is 45.7 Å². The van der Waals surface area contributed by atoms with Crippen molar-refractivity contribution < 1.29 is 0 Å². The summed E-state index contributed by atoms with van der Waals surface area (Å²) in [5, 5.41) is 5.77. The Balaban J connectivity index is 1.66. The number of anilines is 1. The Bertz CT molecular complexity index is 623. The third-order valence-electron chi connectivity index (χ3n) is 4.45. The van der Waals surface area contributed by atoms with Crippen molar-refractivity contribution in [2.75, 3.05) is 18.0 Å². The number of nitrogens with zero attached hydrogens (tertiary/aromatic N) is 3. The standard InChI is InChI=1S/C15H22N4S/c1-15(2)5-6-18(10-15)13-12(9-16-11-3-4-11)19-7-8-20-14(19)17-13/h7-8,11,16H,3-6,9-10H2,1-2H3. The molecule has 2 aliphatic rings. The molecule has 1 aliphatic carbocycles. The molecule has 20 heavy (non-hydrogen) atoms. The van der Waals surface area contributed by atoms with Gasteiger partial charge >= 0.3 is 0 Å². The van der Waals surface area contributed by atoms with Crippen LogP contribution in [0.2, 0.25) is 0 Å². The van der Waals surface area contributed by atoms with E-state index in [-0.39, 0.29) is 0 Å². The van der Waals surface area contributed by atoms with Gasteiger partial charge in [-0.25, -0.2) is 4.98 Å². The highest BCUT2D eigenvalue weighted by molar-refractivity contribution is 7.15. The molecule has 0 aromatic carbocycles. The van der Waals surface area contributed by atoms with Gasteiger partial charge in [0.15, 0.2) is 10.8 Å². The van der Waals surface area contributed by atoms with Crippen molar-refractivity contribution in [1.82, 2.24) is 14.7 Å². The summed E-state index contributed by atoms with van der Waals surface area (Å²) in [7, 11) is 0. The molecule has 0 spiro atoms. The highest BCUT2D eigenvalue weighted by Crippen LogP contribution is 2.35. The third-order valence-corrected chi connectivity index (χ3v) is 5.21. The molecular formula is C15H22N4S. The number of aromatic nitrogens is 2. The molecule has 2 aromatic heterocycles. The second kappa shape index (κ2) is 4.46. The molecule has 0 unspecified atom stereocenters. The molecule has 3 heterocycles. The monoisotopic (exact) mass is 290 g/mol. The van der Waals surface area contributed by atoms with Crippen LogP contribution in [0.15, 0.2) is 11.6 Å². The van der Waals surface area contributed by atoms with Gasteiger partial charge in [-0.3, -0.25) is 4.40 Å². The fourth-order valence-corrected chi connectivity index (χ4v) is 3.79. The quantitative estimate of drug-likeness (QED) is 0.940. The zero-order valence-electron chi connectivity index (χ0n) is 12.2. The summed E-state index contributed by atoms with van der Waals surface area (Å²) in [4.78, 5) is 8.48. The van der Waals surface area contributed by atoms with Crippen LogP contribution in [0.4, 0.5) is 5.82 Å². The maximum atomic E-state index is 4.89. The maximum Gasteiger partial charge on any atom is 0.195 e. The molecule has 1 saturated carbocycles. The average Bonchev–Trinajstić information content (AvgIpc) is 2.83. The summed E-state index contributed by atoms with van der Waals surface area (Å²) in [5.74, 6) is 1.20. The minimum Gasteiger partial charge on any atom is -0.354 e. The normalized spacial score (nSPS) is 22.0. The summed E-state index contributed by atoms with van der Waals surface area (Å²) >= 11 is 1.73. The maximum absolute atomic E-state index is 4.89. The van der Waals surface area contributed by atoms with Crippen LogP contribution >= 0.6 is 11.3 Å². The van der Waals surface area contributed by atoms with Crippen LogP contribution in [0.3, 0.4) is 0 Å². The highest BCUT2D eigenvalue weighted by Gasteiger charge is 2.32. The van der Waals surface area contributed by atoms with Crippen LogP contribution < -0.4 is 10.2 Å². The Hall–Kier alpha value is -1.07. The average molecular weight is 290 g/mol. The number of hydrogen-bond acceptors (Lipinski definition) is 4. The van der Waals surface area contributed by atoms with E-state index < -0.39 is 0 Å². The lowest BCUT2D eigenvalue weighted by Gasteiger charge is -2.21. The predicted molar refractivity (Wildman–Crippen MR) is 83.5 cm³/mol. The zero-order valence-corrected chi connectivity index (χ0v) is 13.0. The van der Waals surface area contributed by atoms with Crippen LogP contribution in [0.1, 0.15) is 38.8 Å². The van der Waals surface area contributed by atoms with Crippen molar-refractivity contribution >= 4 is 22.1 Å². The molecule has 2 fully saturated rings. The van der Waals surface area contributed by atoms with Gasteiger partial charge < -0.3 is 10.2 Å². The van der Waals surface area contributed by atoms with Crippen molar-refractivity contribution in [3.05, 3.63) is 17.3 Å². The van der Waals surface area contributed by atoms with E-state index in [1.165, 1.54) is 30.8 Å². The van der Waals surface area contributed by atoms with Crippen molar-refractivity contribution in [3.63, 3.8) is 0 Å². The molecule has 5 heteroatoms. The van der Waals surface area contributed by atoms with Crippen LogP contribution in [0.25, 0.3) is 4.96 Å². The van der Waals surface area contributed by atoms with Crippen molar-refractivity contribution in [3.8, 4) is 0 Å². The van der Waals surface area contributed by atoms with E-state index in [2.05, 4.69) is 40.0 Å². The molecule has 0 amide bonds. The molecule has 4 rings (SSSR count). The van der Waals surface area contributed by atoms with E-state index in [4.69, 9.17) is 4.98 Å². The molecule has 0 atom stereocenters. The first-order valence-corrected chi connectivity index (χ1v) is 8.43. The summed E-state index contributed by atoms with van der Waals surface area (Å²) in [6.07, 6.45) is 6.07. The first-order chi connectivity index (χ1) is 9.62. The number of imidazole rings is 1. The van der Waals surface area contributed by atoms with Crippen LogP contribution in [-0.2, 0) is 6.54 Å². The van der Waals surface area contributed by atoms with Gasteiger partial charge in [-0.15, -0.1) is 11.3 Å². The molecule has 1 aliphatic heterocycles. The van der Waals surface area contributed by atoms with Gasteiger partial charge in [0.05, 0.1) is 5.69 Å². The molecule has 0 radical (unpaired) electrons. The van der Waals surface area contributed by atoms with Crippen LogP contribution in [0, 0.1) is 5.41 Å². The van der Waals surface area contributed by atoms with Gasteiger partial charge in [0.25, 0.3) is 0 Å². The van der Waals surface area contributed by atoms with Crippen molar-refractivity contribution in [1.29, 1.82) is 0 Å². The van der Waals surface area contributed by atoms with E-state index in [9.17, 15) is 0 Å². The summed E-state index contributed by atoms with van der Waals surface area (Å²) in [5.41, 5.74) is 1.75. The van der Waals surface area contributed by atoms with Gasteiger partial charge in [0, 0.05) is 37.3 Å². The SMILES string of the molecule is CC1(C)CCN(c2nc3sccn3c2CNC2CC2)C1. The van der Waals surface area contributed by atoms with E-state index >= 15 is 0 Å². The lowest BCUT2D eigenvalue weighted by atomic mass is 9.93. The lowest BCUT2D eigenvalue weighted by Crippen LogP contribution is -2.26. The number of thiazole rings is 1. The zero-order chi connectivity index (χ0) is 13.7. The first kappa shape index (κ1) is 12.7. The van der Waals surface area contributed by atoms with Crippen LogP contribution in [0.5, 0.6) is 0 Å². The van der Waals surface area contributed by atoms with E-state index in [0.717, 1.165) is 30.6 Å². The Kier molecular flexibility index (Phi) is 2.82. The fraction of sp³-hybridized carbons (Fsp3) is 0.667. The topological polar surface area (TPSA) is 32.6 Å². The largest absolute Gasteiger partial charge is 0.354 e. The Morgan fingerprint density at radius 2 is 2.30 bits per heavy atom. The van der Waals surface area contributed by atoms with E-state index in [1.54, 1.807) is 11.3 Å². The van der Waals surface area contributed by atoms with E-state index in [1.807, 2.05) is 0 Å². The Labute approximate surface area is 123 Å². The number of nitrogens with one attached hydrogen (secondary N) is 1. The van der Waals surface area contributed by atoms with Gasteiger partial charge in [0.1, 0.15) is 0 Å². The molecule has 1 saturated heterocycles. The summed E-state index contributed by atoms with van der Waals surface area (Å²) in [6, 6.07) is 0.738. The molecule has 4 nitrogen and oxygen atoms in total. The smallest absolute Gasteiger partial charge is 0.195 e. The number of fused-ring (bicyclic) bond motifs is 1. The van der Waals surface area contributed by atoms with Gasteiger partial charge in [0.2, 0.25) is 0 Å². The second-order valence-electron chi connectivity index (χ2n) is 6.93. The first-order valence-electron chi connectivity index (χ1n) is 7.55. The third kappa shape index (κ3) is 2.23. The second-order valence-corrected chi connectivity index (χ2v) is 7.80. The molecule has 0 bridgehead atoms. The van der Waals surface area contributed by atoms with Crippen molar-refractivity contribution in [2.24, 2.45) is 5.41 Å². The van der Waals surface area contributed by atoms with Gasteiger partial charge in [-0.2, -0.15) is 0 Å². The summed E-state index contributed by atoms with van der Waals surface area (Å²) in [6.45, 7) is 7.90. The Morgan fingerprint density at radius 3 is 3.00 bits per heavy atom. The van der Waals surface area contributed by atoms with Gasteiger partial charge in [-0.05, 0) is 24.7 Å².